The van der Waals surface area contributed by atoms with E-state index in [1.54, 1.807) is 7.05 Å². The highest BCUT2D eigenvalue weighted by atomic mass is 16.3. The van der Waals surface area contributed by atoms with Gasteiger partial charge in [0.1, 0.15) is 0 Å². The summed E-state index contributed by atoms with van der Waals surface area (Å²) < 4.78 is 0. The van der Waals surface area contributed by atoms with E-state index in [2.05, 4.69) is 20.5 Å². The molecular formula is C5H6N4O2. The van der Waals surface area contributed by atoms with Gasteiger partial charge in [-0.05, 0) is 5.18 Å². The van der Waals surface area contributed by atoms with Crippen LogP contribution in [0.5, 0.6) is 0 Å². The van der Waals surface area contributed by atoms with Crippen LogP contribution in [0.3, 0.4) is 0 Å². The first-order valence-electron chi connectivity index (χ1n) is 2.88. The summed E-state index contributed by atoms with van der Waals surface area (Å²) in [7, 11) is 1.55. The number of aromatic nitrogens is 2. The van der Waals surface area contributed by atoms with Crippen LogP contribution in [0.15, 0.2) is 16.3 Å². The van der Waals surface area contributed by atoms with Crippen molar-refractivity contribution in [3.63, 3.8) is 0 Å². The molecule has 0 saturated carbocycles. The average Bonchev–Trinajstić information content (AvgIpc) is 2.04. The first-order chi connectivity index (χ1) is 5.29. The summed E-state index contributed by atoms with van der Waals surface area (Å²) in [5.74, 6) is 0.184. The van der Waals surface area contributed by atoms with Crippen LogP contribution in [0.2, 0.25) is 0 Å². The van der Waals surface area contributed by atoms with Gasteiger partial charge >= 0.3 is 0 Å². The Morgan fingerprint density at radius 1 is 1.73 bits per heavy atom. The maximum atomic E-state index is 10.8. The van der Waals surface area contributed by atoms with Crippen molar-refractivity contribution in [3.8, 4) is 0 Å². The molecule has 0 aliphatic heterocycles. The summed E-state index contributed by atoms with van der Waals surface area (Å²) in [4.78, 5) is 26.8. The zero-order valence-electron chi connectivity index (χ0n) is 5.79. The normalized spacial score (nSPS) is 9.18. The SMILES string of the molecule is CNc1nc[nH]c(=O)c1N=O. The van der Waals surface area contributed by atoms with Gasteiger partial charge in [0.2, 0.25) is 5.69 Å². The lowest BCUT2D eigenvalue weighted by molar-refractivity contribution is 1.10. The van der Waals surface area contributed by atoms with Gasteiger partial charge in [-0.2, -0.15) is 0 Å². The number of H-pyrrole nitrogens is 1. The van der Waals surface area contributed by atoms with Crippen LogP contribution in [0, 0.1) is 4.91 Å². The third-order valence-electron chi connectivity index (χ3n) is 1.16. The topological polar surface area (TPSA) is 87.2 Å². The number of aromatic amines is 1. The Morgan fingerprint density at radius 3 is 2.91 bits per heavy atom. The van der Waals surface area contributed by atoms with Crippen LogP contribution in [-0.2, 0) is 0 Å². The molecule has 11 heavy (non-hydrogen) atoms. The number of nitrogens with one attached hydrogen (secondary N) is 2. The number of anilines is 1. The molecular weight excluding hydrogens is 148 g/mol. The lowest BCUT2D eigenvalue weighted by atomic mass is 10.5. The van der Waals surface area contributed by atoms with Gasteiger partial charge in [0.15, 0.2) is 5.82 Å². The largest absolute Gasteiger partial charge is 0.371 e. The van der Waals surface area contributed by atoms with Gasteiger partial charge in [0, 0.05) is 7.05 Å². The zero-order valence-corrected chi connectivity index (χ0v) is 5.79. The molecule has 1 heterocycles. The highest BCUT2D eigenvalue weighted by molar-refractivity contribution is 5.57. The van der Waals surface area contributed by atoms with Crippen molar-refractivity contribution < 1.29 is 0 Å². The van der Waals surface area contributed by atoms with Crippen molar-refractivity contribution in [1.29, 1.82) is 0 Å². The lowest BCUT2D eigenvalue weighted by Gasteiger charge is -1.96. The quantitative estimate of drug-likeness (QED) is 0.596. The second kappa shape index (κ2) is 2.91. The summed E-state index contributed by atoms with van der Waals surface area (Å²) in [6.45, 7) is 0. The Balaban J connectivity index is 3.36. The molecule has 0 fully saturated rings. The van der Waals surface area contributed by atoms with Crippen LogP contribution in [0.25, 0.3) is 0 Å². The number of hydrogen-bond acceptors (Lipinski definition) is 5. The summed E-state index contributed by atoms with van der Waals surface area (Å²) in [6, 6.07) is 0. The van der Waals surface area contributed by atoms with Gasteiger partial charge in [0.25, 0.3) is 5.56 Å². The molecule has 0 atom stereocenters. The van der Waals surface area contributed by atoms with E-state index in [0.29, 0.717) is 0 Å². The number of nitrogens with zero attached hydrogens (tertiary/aromatic N) is 2. The molecule has 2 N–H and O–H groups in total. The molecule has 0 bridgehead atoms. The molecule has 1 aromatic heterocycles. The fraction of sp³-hybridized carbons (Fsp3) is 0.200. The van der Waals surface area contributed by atoms with Gasteiger partial charge in [-0.15, -0.1) is 4.91 Å². The van der Waals surface area contributed by atoms with Gasteiger partial charge in [0.05, 0.1) is 6.33 Å². The molecule has 0 amide bonds. The summed E-state index contributed by atoms with van der Waals surface area (Å²) in [5.41, 5.74) is -0.769. The van der Waals surface area contributed by atoms with E-state index in [4.69, 9.17) is 0 Å². The van der Waals surface area contributed by atoms with Crippen molar-refractivity contribution in [2.75, 3.05) is 12.4 Å². The molecule has 6 heteroatoms. The van der Waals surface area contributed by atoms with Crippen LogP contribution < -0.4 is 10.9 Å². The highest BCUT2D eigenvalue weighted by Crippen LogP contribution is 2.13. The second-order valence-electron chi connectivity index (χ2n) is 1.77. The molecule has 6 nitrogen and oxygen atoms in total. The van der Waals surface area contributed by atoms with Crippen LogP contribution >= 0.6 is 0 Å². The molecule has 0 unspecified atom stereocenters. The van der Waals surface area contributed by atoms with Gasteiger partial charge in [-0.3, -0.25) is 4.79 Å². The molecule has 0 aliphatic rings. The Hall–Kier alpha value is -1.72. The monoisotopic (exact) mass is 154 g/mol. The minimum absolute atomic E-state index is 0.184. The number of rotatable bonds is 2. The molecule has 58 valence electrons. The average molecular weight is 154 g/mol. The van der Waals surface area contributed by atoms with E-state index in [1.807, 2.05) is 0 Å². The fourth-order valence-electron chi connectivity index (χ4n) is 0.660. The van der Waals surface area contributed by atoms with E-state index < -0.39 is 5.56 Å². The molecule has 0 spiro atoms. The molecule has 0 radical (unpaired) electrons. The first kappa shape index (κ1) is 7.39. The summed E-state index contributed by atoms with van der Waals surface area (Å²) >= 11 is 0. The molecule has 1 aromatic rings. The van der Waals surface area contributed by atoms with E-state index in [0.717, 1.165) is 0 Å². The maximum Gasteiger partial charge on any atom is 0.282 e. The van der Waals surface area contributed by atoms with Crippen molar-refractivity contribution in [1.82, 2.24) is 9.97 Å². The van der Waals surface area contributed by atoms with Crippen LogP contribution in [0.4, 0.5) is 11.5 Å². The number of hydrogen-bond donors (Lipinski definition) is 2. The van der Waals surface area contributed by atoms with E-state index in [1.165, 1.54) is 6.33 Å². The standard InChI is InChI=1S/C5H6N4O2/c1-6-4-3(9-11)5(10)8-2-7-4/h2H,1H3,(H2,6,7,8,10). The Bertz CT molecular complexity index is 319. The molecule has 0 aromatic carbocycles. The third-order valence-corrected chi connectivity index (χ3v) is 1.16. The predicted molar refractivity (Wildman–Crippen MR) is 39.9 cm³/mol. The predicted octanol–water partition coefficient (Wildman–Crippen LogP) is 0.210. The Morgan fingerprint density at radius 2 is 2.45 bits per heavy atom. The maximum absolute atomic E-state index is 10.8. The van der Waals surface area contributed by atoms with Crippen molar-refractivity contribution in [3.05, 3.63) is 21.6 Å². The lowest BCUT2D eigenvalue weighted by Crippen LogP contribution is -2.08. The van der Waals surface area contributed by atoms with Crippen LogP contribution in [-0.4, -0.2) is 17.0 Å². The molecule has 0 saturated heterocycles. The van der Waals surface area contributed by atoms with Gasteiger partial charge in [-0.25, -0.2) is 4.98 Å². The van der Waals surface area contributed by atoms with Crippen molar-refractivity contribution >= 4 is 11.5 Å². The van der Waals surface area contributed by atoms with Gasteiger partial charge < -0.3 is 10.3 Å². The summed E-state index contributed by atoms with van der Waals surface area (Å²) in [5, 5.41) is 5.08. The highest BCUT2D eigenvalue weighted by Gasteiger charge is 2.05. The first-order valence-corrected chi connectivity index (χ1v) is 2.88. The van der Waals surface area contributed by atoms with Gasteiger partial charge in [-0.1, -0.05) is 0 Å². The van der Waals surface area contributed by atoms with Crippen molar-refractivity contribution in [2.24, 2.45) is 5.18 Å². The minimum atomic E-state index is -0.542. The third kappa shape index (κ3) is 1.23. The Kier molecular flexibility index (Phi) is 1.95. The summed E-state index contributed by atoms with van der Waals surface area (Å²) in [6.07, 6.45) is 1.20. The minimum Gasteiger partial charge on any atom is -0.371 e. The smallest absolute Gasteiger partial charge is 0.282 e. The van der Waals surface area contributed by atoms with Crippen LogP contribution in [0.1, 0.15) is 0 Å². The van der Waals surface area contributed by atoms with E-state index in [9.17, 15) is 9.70 Å². The Labute approximate surface area is 61.6 Å². The van der Waals surface area contributed by atoms with E-state index in [-0.39, 0.29) is 11.5 Å². The fourth-order valence-corrected chi connectivity index (χ4v) is 0.660. The van der Waals surface area contributed by atoms with Crippen molar-refractivity contribution in [2.45, 2.75) is 0 Å². The molecule has 1 rings (SSSR count). The second-order valence-corrected chi connectivity index (χ2v) is 1.77. The molecule has 0 aliphatic carbocycles. The van der Waals surface area contributed by atoms with E-state index >= 15 is 0 Å². The zero-order chi connectivity index (χ0) is 8.27. The number of nitroso groups, excluding NO2 is 1.